The quantitative estimate of drug-likeness (QED) is 0.793. The summed E-state index contributed by atoms with van der Waals surface area (Å²) in [6, 6.07) is 0.685. The molecule has 0 atom stereocenters. The molecular formula is C17H27ClN4O. The van der Waals surface area contributed by atoms with E-state index in [1.165, 1.54) is 25.8 Å². The van der Waals surface area contributed by atoms with E-state index < -0.39 is 0 Å². The maximum Gasteiger partial charge on any atom is 0.138 e. The number of ether oxygens (including phenoxy) is 1. The Hall–Kier alpha value is -0.910. The predicted octanol–water partition coefficient (Wildman–Crippen LogP) is 2.69. The molecule has 0 radical (unpaired) electrons. The Kier molecular flexibility index (Phi) is 5.72. The van der Waals surface area contributed by atoms with Crippen LogP contribution in [-0.2, 0) is 11.2 Å². The highest BCUT2D eigenvalue weighted by Gasteiger charge is 2.25. The molecule has 2 saturated heterocycles. The van der Waals surface area contributed by atoms with Crippen LogP contribution >= 0.6 is 11.6 Å². The largest absolute Gasteiger partial charge is 0.381 e. The lowest BCUT2D eigenvalue weighted by Crippen LogP contribution is -2.41. The first-order valence-corrected chi connectivity index (χ1v) is 9.16. The van der Waals surface area contributed by atoms with Crippen molar-refractivity contribution in [2.24, 2.45) is 0 Å². The molecular weight excluding hydrogens is 312 g/mol. The monoisotopic (exact) mass is 338 g/mol. The molecule has 1 aromatic heterocycles. The Morgan fingerprint density at radius 2 is 1.91 bits per heavy atom. The van der Waals surface area contributed by atoms with Crippen molar-refractivity contribution >= 4 is 17.4 Å². The fourth-order valence-electron chi connectivity index (χ4n) is 3.68. The summed E-state index contributed by atoms with van der Waals surface area (Å²) >= 11 is 6.34. The lowest BCUT2D eigenvalue weighted by Gasteiger charge is -2.33. The minimum absolute atomic E-state index is 0.612. The third-order valence-electron chi connectivity index (χ3n) is 4.94. The second-order valence-electron chi connectivity index (χ2n) is 6.44. The Morgan fingerprint density at radius 3 is 2.65 bits per heavy atom. The van der Waals surface area contributed by atoms with Crippen LogP contribution in [0.5, 0.6) is 0 Å². The molecule has 2 aliphatic heterocycles. The summed E-state index contributed by atoms with van der Waals surface area (Å²) in [5.74, 6) is 1.80. The van der Waals surface area contributed by atoms with Gasteiger partial charge in [0.2, 0.25) is 0 Å². The van der Waals surface area contributed by atoms with E-state index in [4.69, 9.17) is 21.3 Å². The zero-order valence-corrected chi connectivity index (χ0v) is 15.0. The Labute approximate surface area is 144 Å². The average molecular weight is 339 g/mol. The maximum atomic E-state index is 6.34. The summed E-state index contributed by atoms with van der Waals surface area (Å²) in [4.78, 5) is 14.1. The summed E-state index contributed by atoms with van der Waals surface area (Å²) in [6.07, 6.45) is 4.37. The van der Waals surface area contributed by atoms with Crippen molar-refractivity contribution in [2.45, 2.75) is 45.6 Å². The van der Waals surface area contributed by atoms with Gasteiger partial charge in [-0.3, -0.25) is 4.90 Å². The molecule has 2 fully saturated rings. The molecule has 3 heterocycles. The van der Waals surface area contributed by atoms with Crippen LogP contribution in [0.1, 0.15) is 37.6 Å². The molecule has 0 bridgehead atoms. The van der Waals surface area contributed by atoms with Crippen LogP contribution in [0, 0.1) is 6.92 Å². The SMILES string of the molecule is CCc1c(Cl)nc(C)nc1N1CCCN(C2CCOCC2)CC1. The van der Waals surface area contributed by atoms with Gasteiger partial charge in [0.1, 0.15) is 16.8 Å². The molecule has 0 saturated carbocycles. The molecule has 0 unspecified atom stereocenters. The van der Waals surface area contributed by atoms with E-state index in [2.05, 4.69) is 21.7 Å². The van der Waals surface area contributed by atoms with Crippen molar-refractivity contribution in [3.63, 3.8) is 0 Å². The van der Waals surface area contributed by atoms with E-state index in [-0.39, 0.29) is 0 Å². The van der Waals surface area contributed by atoms with Gasteiger partial charge in [0.05, 0.1) is 0 Å². The van der Waals surface area contributed by atoms with Crippen LogP contribution < -0.4 is 4.90 Å². The van der Waals surface area contributed by atoms with Crippen molar-refractivity contribution in [3.8, 4) is 0 Å². The van der Waals surface area contributed by atoms with Crippen LogP contribution in [0.15, 0.2) is 0 Å². The molecule has 1 aromatic rings. The highest BCUT2D eigenvalue weighted by atomic mass is 35.5. The number of hydrogen-bond donors (Lipinski definition) is 0. The minimum atomic E-state index is 0.612. The van der Waals surface area contributed by atoms with E-state index >= 15 is 0 Å². The van der Waals surface area contributed by atoms with Crippen molar-refractivity contribution in [1.82, 2.24) is 14.9 Å². The third kappa shape index (κ3) is 3.95. The summed E-state index contributed by atoms with van der Waals surface area (Å²) in [6.45, 7) is 10.2. The van der Waals surface area contributed by atoms with E-state index in [0.717, 1.165) is 56.5 Å². The van der Waals surface area contributed by atoms with E-state index in [9.17, 15) is 0 Å². The summed E-state index contributed by atoms with van der Waals surface area (Å²) in [5.41, 5.74) is 1.08. The van der Waals surface area contributed by atoms with Crippen molar-refractivity contribution < 1.29 is 4.74 Å². The zero-order chi connectivity index (χ0) is 16.2. The first kappa shape index (κ1) is 16.9. The lowest BCUT2D eigenvalue weighted by atomic mass is 10.1. The Bertz CT molecular complexity index is 534. The second-order valence-corrected chi connectivity index (χ2v) is 6.80. The first-order valence-electron chi connectivity index (χ1n) is 8.78. The smallest absolute Gasteiger partial charge is 0.138 e. The number of nitrogens with zero attached hydrogens (tertiary/aromatic N) is 4. The van der Waals surface area contributed by atoms with E-state index in [1.807, 2.05) is 6.92 Å². The molecule has 2 aliphatic rings. The molecule has 3 rings (SSSR count). The van der Waals surface area contributed by atoms with Crippen molar-refractivity contribution in [3.05, 3.63) is 16.5 Å². The van der Waals surface area contributed by atoms with Gasteiger partial charge < -0.3 is 9.64 Å². The number of hydrogen-bond acceptors (Lipinski definition) is 5. The average Bonchev–Trinajstić information content (AvgIpc) is 2.81. The molecule has 0 amide bonds. The molecule has 0 N–H and O–H groups in total. The molecule has 0 aliphatic carbocycles. The highest BCUT2D eigenvalue weighted by molar-refractivity contribution is 6.30. The topological polar surface area (TPSA) is 41.5 Å². The van der Waals surface area contributed by atoms with Crippen LogP contribution in [0.3, 0.4) is 0 Å². The Balaban J connectivity index is 1.73. The molecule has 23 heavy (non-hydrogen) atoms. The fourth-order valence-corrected chi connectivity index (χ4v) is 4.02. The number of anilines is 1. The molecule has 5 nitrogen and oxygen atoms in total. The van der Waals surface area contributed by atoms with Gasteiger partial charge in [0.25, 0.3) is 0 Å². The van der Waals surface area contributed by atoms with Gasteiger partial charge in [-0.15, -0.1) is 0 Å². The maximum absolute atomic E-state index is 6.34. The lowest BCUT2D eigenvalue weighted by molar-refractivity contribution is 0.0365. The van der Waals surface area contributed by atoms with Gasteiger partial charge in [-0.2, -0.15) is 0 Å². The molecule has 0 aromatic carbocycles. The van der Waals surface area contributed by atoms with Gasteiger partial charge in [0, 0.05) is 51.0 Å². The molecule has 128 valence electrons. The van der Waals surface area contributed by atoms with Crippen LogP contribution in [0.2, 0.25) is 5.15 Å². The Morgan fingerprint density at radius 1 is 1.13 bits per heavy atom. The van der Waals surface area contributed by atoms with Gasteiger partial charge in [0.15, 0.2) is 0 Å². The summed E-state index contributed by atoms with van der Waals surface area (Å²) < 4.78 is 5.50. The van der Waals surface area contributed by atoms with Crippen LogP contribution in [-0.4, -0.2) is 60.3 Å². The van der Waals surface area contributed by atoms with Crippen LogP contribution in [0.25, 0.3) is 0 Å². The number of aromatic nitrogens is 2. The standard InChI is InChI=1S/C17H27ClN4O/c1-3-15-16(18)19-13(2)20-17(15)22-8-4-7-21(9-10-22)14-5-11-23-12-6-14/h14H,3-12H2,1-2H3. The highest BCUT2D eigenvalue weighted by Crippen LogP contribution is 2.26. The molecule has 0 spiro atoms. The van der Waals surface area contributed by atoms with Gasteiger partial charge in [-0.1, -0.05) is 18.5 Å². The van der Waals surface area contributed by atoms with E-state index in [1.54, 1.807) is 0 Å². The normalized spacial score (nSPS) is 21.4. The number of rotatable bonds is 3. The number of halogens is 1. The van der Waals surface area contributed by atoms with E-state index in [0.29, 0.717) is 11.2 Å². The molecule has 6 heteroatoms. The third-order valence-corrected chi connectivity index (χ3v) is 5.25. The summed E-state index contributed by atoms with van der Waals surface area (Å²) in [5, 5.41) is 0.612. The van der Waals surface area contributed by atoms with Gasteiger partial charge in [-0.25, -0.2) is 9.97 Å². The minimum Gasteiger partial charge on any atom is -0.381 e. The predicted molar refractivity (Wildman–Crippen MR) is 93.4 cm³/mol. The zero-order valence-electron chi connectivity index (χ0n) is 14.2. The number of aryl methyl sites for hydroxylation is 1. The van der Waals surface area contributed by atoms with Crippen LogP contribution in [0.4, 0.5) is 5.82 Å². The fraction of sp³-hybridized carbons (Fsp3) is 0.765. The van der Waals surface area contributed by atoms with Gasteiger partial charge >= 0.3 is 0 Å². The van der Waals surface area contributed by atoms with Crippen molar-refractivity contribution in [2.75, 3.05) is 44.3 Å². The van der Waals surface area contributed by atoms with Gasteiger partial charge in [-0.05, 0) is 32.6 Å². The first-order chi connectivity index (χ1) is 11.2. The van der Waals surface area contributed by atoms with Crippen molar-refractivity contribution in [1.29, 1.82) is 0 Å². The second kappa shape index (κ2) is 7.77. The summed E-state index contributed by atoms with van der Waals surface area (Å²) in [7, 11) is 0.